The number of carbonyl (C=O) groups is 2. The van der Waals surface area contributed by atoms with Gasteiger partial charge in [-0.15, -0.1) is 0 Å². The Labute approximate surface area is 154 Å². The van der Waals surface area contributed by atoms with Gasteiger partial charge in [0, 0.05) is 37.3 Å². The molecule has 2 aromatic carbocycles. The third-order valence-corrected chi connectivity index (χ3v) is 4.86. The fourth-order valence-corrected chi connectivity index (χ4v) is 3.21. The number of amides is 1. The standard InChI is InChI=1S/C21H25NO2S/c1-17-7-9-19(10-8-17)16-25-14-13-22-21(24)12-11-20(23)15-18-5-3-2-4-6-18/h2-10H,11-16H2,1H3,(H,22,24). The molecule has 2 rings (SSSR count). The number of carbonyl (C=O) groups excluding carboxylic acids is 2. The van der Waals surface area contributed by atoms with Crippen LogP contribution in [0.15, 0.2) is 54.6 Å². The molecule has 0 aliphatic heterocycles. The predicted molar refractivity (Wildman–Crippen MR) is 105 cm³/mol. The van der Waals surface area contributed by atoms with Crippen LogP contribution in [0, 0.1) is 6.92 Å². The van der Waals surface area contributed by atoms with Gasteiger partial charge in [-0.25, -0.2) is 0 Å². The largest absolute Gasteiger partial charge is 0.355 e. The molecule has 0 fully saturated rings. The summed E-state index contributed by atoms with van der Waals surface area (Å²) in [6.45, 7) is 2.72. The van der Waals surface area contributed by atoms with Crippen LogP contribution in [-0.4, -0.2) is 24.0 Å². The van der Waals surface area contributed by atoms with E-state index >= 15 is 0 Å². The molecule has 0 aliphatic rings. The lowest BCUT2D eigenvalue weighted by molar-refractivity contribution is -0.125. The molecule has 2 aromatic rings. The molecule has 0 saturated carbocycles. The van der Waals surface area contributed by atoms with Gasteiger partial charge in [0.1, 0.15) is 5.78 Å². The second kappa shape index (κ2) is 10.7. The Kier molecular flexibility index (Phi) is 8.26. The average molecular weight is 356 g/mol. The molecule has 0 atom stereocenters. The fourth-order valence-electron chi connectivity index (χ4n) is 2.39. The Morgan fingerprint density at radius 1 is 0.920 bits per heavy atom. The molecule has 0 bridgehead atoms. The lowest BCUT2D eigenvalue weighted by atomic mass is 10.1. The van der Waals surface area contributed by atoms with E-state index in [0.29, 0.717) is 19.4 Å². The Balaban J connectivity index is 1.53. The molecular formula is C21H25NO2S. The molecule has 0 radical (unpaired) electrons. The molecule has 0 aliphatic carbocycles. The minimum Gasteiger partial charge on any atom is -0.355 e. The highest BCUT2D eigenvalue weighted by Gasteiger charge is 2.07. The highest BCUT2D eigenvalue weighted by Crippen LogP contribution is 2.12. The molecule has 1 amide bonds. The zero-order valence-electron chi connectivity index (χ0n) is 14.7. The second-order valence-electron chi connectivity index (χ2n) is 6.09. The summed E-state index contributed by atoms with van der Waals surface area (Å²) in [5, 5.41) is 2.89. The highest BCUT2D eigenvalue weighted by molar-refractivity contribution is 7.98. The number of aryl methyl sites for hydroxylation is 1. The fraction of sp³-hybridized carbons (Fsp3) is 0.333. The van der Waals surface area contributed by atoms with Crippen molar-refractivity contribution in [2.45, 2.75) is 31.9 Å². The summed E-state index contributed by atoms with van der Waals surface area (Å²) in [4.78, 5) is 23.7. The van der Waals surface area contributed by atoms with Gasteiger partial charge >= 0.3 is 0 Å². The highest BCUT2D eigenvalue weighted by atomic mass is 32.2. The van der Waals surface area contributed by atoms with Crippen molar-refractivity contribution in [1.29, 1.82) is 0 Å². The number of ketones is 1. The van der Waals surface area contributed by atoms with E-state index in [2.05, 4.69) is 36.5 Å². The summed E-state index contributed by atoms with van der Waals surface area (Å²) < 4.78 is 0. The molecule has 0 aromatic heterocycles. The first-order chi connectivity index (χ1) is 12.1. The summed E-state index contributed by atoms with van der Waals surface area (Å²) in [6, 6.07) is 18.1. The molecule has 0 unspecified atom stereocenters. The van der Waals surface area contributed by atoms with Crippen molar-refractivity contribution in [2.75, 3.05) is 12.3 Å². The van der Waals surface area contributed by atoms with E-state index in [0.717, 1.165) is 17.1 Å². The molecule has 0 saturated heterocycles. The van der Waals surface area contributed by atoms with E-state index in [1.165, 1.54) is 11.1 Å². The monoisotopic (exact) mass is 355 g/mol. The van der Waals surface area contributed by atoms with Crippen LogP contribution in [0.2, 0.25) is 0 Å². The summed E-state index contributed by atoms with van der Waals surface area (Å²) >= 11 is 1.80. The number of hydrogen-bond donors (Lipinski definition) is 1. The molecular weight excluding hydrogens is 330 g/mol. The molecule has 25 heavy (non-hydrogen) atoms. The number of hydrogen-bond acceptors (Lipinski definition) is 3. The summed E-state index contributed by atoms with van der Waals surface area (Å²) in [6.07, 6.45) is 0.978. The SMILES string of the molecule is Cc1ccc(CSCCNC(=O)CCC(=O)Cc2ccccc2)cc1. The lowest BCUT2D eigenvalue weighted by Crippen LogP contribution is -2.26. The van der Waals surface area contributed by atoms with Crippen LogP contribution in [-0.2, 0) is 21.8 Å². The molecule has 1 N–H and O–H groups in total. The Morgan fingerprint density at radius 3 is 2.36 bits per heavy atom. The minimum absolute atomic E-state index is 0.0441. The summed E-state index contributed by atoms with van der Waals surface area (Å²) in [5.41, 5.74) is 3.57. The van der Waals surface area contributed by atoms with Gasteiger partial charge in [0.05, 0.1) is 0 Å². The van der Waals surface area contributed by atoms with Gasteiger partial charge in [0.2, 0.25) is 5.91 Å². The third-order valence-electron chi connectivity index (χ3n) is 3.83. The van der Waals surface area contributed by atoms with E-state index in [-0.39, 0.29) is 18.1 Å². The third kappa shape index (κ3) is 8.03. The van der Waals surface area contributed by atoms with Crippen LogP contribution in [0.5, 0.6) is 0 Å². The van der Waals surface area contributed by atoms with Crippen LogP contribution in [0.3, 0.4) is 0 Å². The van der Waals surface area contributed by atoms with Crippen LogP contribution in [0.1, 0.15) is 29.5 Å². The van der Waals surface area contributed by atoms with Gasteiger partial charge in [-0.1, -0.05) is 60.2 Å². The van der Waals surface area contributed by atoms with E-state index in [1.807, 2.05) is 30.3 Å². The van der Waals surface area contributed by atoms with Gasteiger partial charge in [-0.3, -0.25) is 9.59 Å². The predicted octanol–water partition coefficient (Wildman–Crippen LogP) is 3.94. The number of thioether (sulfide) groups is 1. The van der Waals surface area contributed by atoms with Gasteiger partial charge in [0.15, 0.2) is 0 Å². The maximum absolute atomic E-state index is 11.9. The van der Waals surface area contributed by atoms with Crippen molar-refractivity contribution in [3.63, 3.8) is 0 Å². The van der Waals surface area contributed by atoms with Gasteiger partial charge in [-0.05, 0) is 18.1 Å². The number of benzene rings is 2. The topological polar surface area (TPSA) is 46.2 Å². The molecule has 132 valence electrons. The van der Waals surface area contributed by atoms with E-state index in [4.69, 9.17) is 0 Å². The lowest BCUT2D eigenvalue weighted by Gasteiger charge is -2.06. The zero-order valence-corrected chi connectivity index (χ0v) is 15.5. The van der Waals surface area contributed by atoms with Crippen LogP contribution >= 0.6 is 11.8 Å². The van der Waals surface area contributed by atoms with E-state index < -0.39 is 0 Å². The van der Waals surface area contributed by atoms with E-state index in [1.54, 1.807) is 11.8 Å². The second-order valence-corrected chi connectivity index (χ2v) is 7.19. The van der Waals surface area contributed by atoms with Crippen molar-refractivity contribution in [3.8, 4) is 0 Å². The first-order valence-corrected chi connectivity index (χ1v) is 9.74. The first-order valence-electron chi connectivity index (χ1n) is 8.59. The molecule has 4 heteroatoms. The number of rotatable bonds is 10. The molecule has 3 nitrogen and oxygen atoms in total. The first kappa shape index (κ1) is 19.3. The van der Waals surface area contributed by atoms with Crippen LogP contribution in [0.4, 0.5) is 0 Å². The quantitative estimate of drug-likeness (QED) is 0.657. The smallest absolute Gasteiger partial charge is 0.220 e. The number of nitrogens with one attached hydrogen (secondary N) is 1. The summed E-state index contributed by atoms with van der Waals surface area (Å²) in [5.74, 6) is 1.89. The zero-order chi connectivity index (χ0) is 17.9. The molecule has 0 spiro atoms. The van der Waals surface area contributed by atoms with Crippen molar-refractivity contribution in [3.05, 3.63) is 71.3 Å². The van der Waals surface area contributed by atoms with Crippen molar-refractivity contribution in [2.24, 2.45) is 0 Å². The number of Topliss-reactive ketones (excluding diaryl/α,β-unsaturated/α-hetero) is 1. The van der Waals surface area contributed by atoms with E-state index in [9.17, 15) is 9.59 Å². The van der Waals surface area contributed by atoms with Gasteiger partial charge in [-0.2, -0.15) is 11.8 Å². The Bertz CT molecular complexity index is 668. The van der Waals surface area contributed by atoms with Crippen LogP contribution < -0.4 is 5.32 Å². The molecule has 0 heterocycles. The van der Waals surface area contributed by atoms with Gasteiger partial charge < -0.3 is 5.32 Å². The van der Waals surface area contributed by atoms with Crippen molar-refractivity contribution in [1.82, 2.24) is 5.32 Å². The Morgan fingerprint density at radius 2 is 1.64 bits per heavy atom. The van der Waals surface area contributed by atoms with Gasteiger partial charge in [0.25, 0.3) is 0 Å². The maximum atomic E-state index is 11.9. The summed E-state index contributed by atoms with van der Waals surface area (Å²) in [7, 11) is 0. The normalized spacial score (nSPS) is 10.4. The maximum Gasteiger partial charge on any atom is 0.220 e. The van der Waals surface area contributed by atoms with Crippen molar-refractivity contribution < 1.29 is 9.59 Å². The van der Waals surface area contributed by atoms with Crippen molar-refractivity contribution >= 4 is 23.5 Å². The Hall–Kier alpha value is -2.07. The average Bonchev–Trinajstić information content (AvgIpc) is 2.62. The minimum atomic E-state index is -0.0441. The van der Waals surface area contributed by atoms with Crippen LogP contribution in [0.25, 0.3) is 0 Å².